The summed E-state index contributed by atoms with van der Waals surface area (Å²) in [6, 6.07) is 13.8. The number of nitrogens with zero attached hydrogens (tertiary/aromatic N) is 1. The van der Waals surface area contributed by atoms with Crippen LogP contribution < -0.4 is 15.7 Å². The molecule has 0 spiro atoms. The number of rotatable bonds is 6. The number of para-hydroxylation sites is 1. The van der Waals surface area contributed by atoms with Crippen LogP contribution in [0.5, 0.6) is 5.75 Å². The number of nitrogens with one attached hydrogen (secondary N) is 2. The van der Waals surface area contributed by atoms with Crippen LogP contribution in [0, 0.1) is 0 Å². The Morgan fingerprint density at radius 2 is 2.04 bits per heavy atom. The summed E-state index contributed by atoms with van der Waals surface area (Å²) in [5, 5.41) is 5.52. The second kappa shape index (κ2) is 8.91. The van der Waals surface area contributed by atoms with Gasteiger partial charge in [0.1, 0.15) is 5.75 Å². The number of hydrogen-bond acceptors (Lipinski definition) is 4. The van der Waals surface area contributed by atoms with Crippen molar-refractivity contribution >= 4 is 46.2 Å². The van der Waals surface area contributed by atoms with Gasteiger partial charge in [-0.05, 0) is 42.1 Å². The molecule has 28 heavy (non-hydrogen) atoms. The minimum Gasteiger partial charge on any atom is -0.479 e. The van der Waals surface area contributed by atoms with E-state index in [0.29, 0.717) is 27.8 Å². The summed E-state index contributed by atoms with van der Waals surface area (Å²) in [7, 11) is 0. The van der Waals surface area contributed by atoms with Crippen molar-refractivity contribution < 1.29 is 9.53 Å². The SMILES string of the molecule is CCC(Oc1ccc(Cl)cc1Cl)C(=O)N/N=C/c1cc2ccccc2[nH]c1=O. The van der Waals surface area contributed by atoms with Gasteiger partial charge in [-0.2, -0.15) is 5.10 Å². The third kappa shape index (κ3) is 4.71. The number of benzene rings is 2. The van der Waals surface area contributed by atoms with Crippen LogP contribution in [0.4, 0.5) is 0 Å². The van der Waals surface area contributed by atoms with Crippen LogP contribution in [-0.4, -0.2) is 23.2 Å². The summed E-state index contributed by atoms with van der Waals surface area (Å²) < 4.78 is 5.65. The fourth-order valence-corrected chi connectivity index (χ4v) is 3.00. The van der Waals surface area contributed by atoms with Crippen molar-refractivity contribution in [1.29, 1.82) is 0 Å². The Morgan fingerprint density at radius 3 is 2.79 bits per heavy atom. The van der Waals surface area contributed by atoms with Gasteiger partial charge in [0.05, 0.1) is 16.8 Å². The minimum absolute atomic E-state index is 0.298. The zero-order valence-corrected chi connectivity index (χ0v) is 16.4. The van der Waals surface area contributed by atoms with Gasteiger partial charge in [0.25, 0.3) is 11.5 Å². The van der Waals surface area contributed by atoms with E-state index in [4.69, 9.17) is 27.9 Å². The van der Waals surface area contributed by atoms with Gasteiger partial charge >= 0.3 is 0 Å². The summed E-state index contributed by atoms with van der Waals surface area (Å²) in [4.78, 5) is 27.2. The zero-order chi connectivity index (χ0) is 20.1. The molecule has 1 unspecified atom stereocenters. The van der Waals surface area contributed by atoms with Crippen molar-refractivity contribution in [1.82, 2.24) is 10.4 Å². The second-order valence-corrected chi connectivity index (χ2v) is 6.81. The Kier molecular flexibility index (Phi) is 6.34. The predicted molar refractivity (Wildman–Crippen MR) is 111 cm³/mol. The van der Waals surface area contributed by atoms with Crippen molar-refractivity contribution in [2.45, 2.75) is 19.4 Å². The van der Waals surface area contributed by atoms with Gasteiger partial charge < -0.3 is 9.72 Å². The largest absolute Gasteiger partial charge is 0.479 e. The summed E-state index contributed by atoms with van der Waals surface area (Å²) in [6.45, 7) is 1.80. The van der Waals surface area contributed by atoms with E-state index in [-0.39, 0.29) is 5.56 Å². The van der Waals surface area contributed by atoms with Gasteiger partial charge in [-0.3, -0.25) is 9.59 Å². The lowest BCUT2D eigenvalue weighted by Crippen LogP contribution is -2.35. The fraction of sp³-hybridized carbons (Fsp3) is 0.150. The number of carbonyl (C=O) groups excluding carboxylic acids is 1. The maximum atomic E-state index is 12.3. The van der Waals surface area contributed by atoms with E-state index in [9.17, 15) is 9.59 Å². The molecule has 0 saturated heterocycles. The monoisotopic (exact) mass is 417 g/mol. The molecule has 0 aliphatic rings. The van der Waals surface area contributed by atoms with Crippen LogP contribution in [-0.2, 0) is 4.79 Å². The molecule has 1 heterocycles. The third-order valence-corrected chi connectivity index (χ3v) is 4.52. The number of carbonyl (C=O) groups is 1. The van der Waals surface area contributed by atoms with E-state index >= 15 is 0 Å². The Hall–Kier alpha value is -2.83. The molecule has 0 saturated carbocycles. The van der Waals surface area contributed by atoms with E-state index in [1.54, 1.807) is 25.1 Å². The van der Waals surface area contributed by atoms with Gasteiger partial charge in [-0.25, -0.2) is 5.43 Å². The first-order chi connectivity index (χ1) is 13.5. The average molecular weight is 418 g/mol. The molecule has 0 bridgehead atoms. The molecular weight excluding hydrogens is 401 g/mol. The van der Waals surface area contributed by atoms with Crippen LogP contribution in [0.15, 0.2) is 58.4 Å². The first kappa shape index (κ1) is 19.9. The third-order valence-electron chi connectivity index (χ3n) is 3.99. The molecule has 1 aromatic heterocycles. The van der Waals surface area contributed by atoms with Gasteiger partial charge in [0.2, 0.25) is 0 Å². The molecule has 1 atom stereocenters. The van der Waals surface area contributed by atoms with Crippen LogP contribution in [0.25, 0.3) is 10.9 Å². The first-order valence-electron chi connectivity index (χ1n) is 8.54. The molecule has 1 amide bonds. The normalized spacial score (nSPS) is 12.2. The van der Waals surface area contributed by atoms with Gasteiger partial charge in [-0.1, -0.05) is 48.3 Å². The number of aromatic nitrogens is 1. The number of hydrogen-bond donors (Lipinski definition) is 2. The van der Waals surface area contributed by atoms with Gasteiger partial charge in [-0.15, -0.1) is 0 Å². The Bertz CT molecular complexity index is 1100. The highest BCUT2D eigenvalue weighted by atomic mass is 35.5. The van der Waals surface area contributed by atoms with Crippen molar-refractivity contribution in [3.8, 4) is 5.75 Å². The number of amides is 1. The molecular formula is C20H17Cl2N3O3. The maximum Gasteiger partial charge on any atom is 0.281 e. The molecule has 0 aliphatic carbocycles. The lowest BCUT2D eigenvalue weighted by Gasteiger charge is -2.16. The topological polar surface area (TPSA) is 83.5 Å². The van der Waals surface area contributed by atoms with Crippen LogP contribution in [0.1, 0.15) is 18.9 Å². The quantitative estimate of drug-likeness (QED) is 0.466. The number of ether oxygens (including phenoxy) is 1. The standard InChI is InChI=1S/C20H17Cl2N3O3/c1-2-17(28-18-8-7-14(21)10-15(18)22)20(27)25-23-11-13-9-12-5-3-4-6-16(12)24-19(13)26/h3-11,17H,2H2,1H3,(H,24,26)(H,25,27)/b23-11+. The number of hydrazone groups is 1. The number of aromatic amines is 1. The number of pyridine rings is 1. The summed E-state index contributed by atoms with van der Waals surface area (Å²) in [5.41, 5.74) is 3.15. The van der Waals surface area contributed by atoms with E-state index in [1.165, 1.54) is 12.3 Å². The first-order valence-corrected chi connectivity index (χ1v) is 9.30. The lowest BCUT2D eigenvalue weighted by atomic mass is 10.2. The molecule has 3 aromatic rings. The molecule has 0 fully saturated rings. The predicted octanol–water partition coefficient (Wildman–Crippen LogP) is 4.14. The Labute approximate surface area is 171 Å². The average Bonchev–Trinajstić information content (AvgIpc) is 2.67. The second-order valence-electron chi connectivity index (χ2n) is 5.96. The van der Waals surface area contributed by atoms with Gasteiger partial charge in [0.15, 0.2) is 6.10 Å². The number of H-pyrrole nitrogens is 1. The molecule has 144 valence electrons. The smallest absolute Gasteiger partial charge is 0.281 e. The highest BCUT2D eigenvalue weighted by Gasteiger charge is 2.19. The van der Waals surface area contributed by atoms with E-state index in [1.807, 2.05) is 24.3 Å². The highest BCUT2D eigenvalue weighted by molar-refractivity contribution is 6.35. The van der Waals surface area contributed by atoms with Crippen LogP contribution >= 0.6 is 23.2 Å². The zero-order valence-electron chi connectivity index (χ0n) is 14.9. The fourth-order valence-electron chi connectivity index (χ4n) is 2.54. The van der Waals surface area contributed by atoms with E-state index in [0.717, 1.165) is 10.9 Å². The molecule has 8 heteroatoms. The molecule has 0 aliphatic heterocycles. The highest BCUT2D eigenvalue weighted by Crippen LogP contribution is 2.28. The Balaban J connectivity index is 1.69. The number of halogens is 2. The summed E-state index contributed by atoms with van der Waals surface area (Å²) in [6.07, 6.45) is 0.896. The van der Waals surface area contributed by atoms with Crippen molar-refractivity contribution in [2.24, 2.45) is 5.10 Å². The maximum absolute atomic E-state index is 12.3. The van der Waals surface area contributed by atoms with Crippen molar-refractivity contribution in [2.75, 3.05) is 0 Å². The molecule has 2 N–H and O–H groups in total. The summed E-state index contributed by atoms with van der Waals surface area (Å²) in [5.74, 6) is -0.106. The summed E-state index contributed by atoms with van der Waals surface area (Å²) >= 11 is 11.9. The van der Waals surface area contributed by atoms with Crippen molar-refractivity contribution in [3.05, 3.63) is 74.5 Å². The van der Waals surface area contributed by atoms with Crippen LogP contribution in [0.2, 0.25) is 10.0 Å². The van der Waals surface area contributed by atoms with Gasteiger partial charge in [0, 0.05) is 10.5 Å². The molecule has 3 rings (SSSR count). The van der Waals surface area contributed by atoms with Crippen molar-refractivity contribution in [3.63, 3.8) is 0 Å². The lowest BCUT2D eigenvalue weighted by molar-refractivity contribution is -0.128. The Morgan fingerprint density at radius 1 is 1.25 bits per heavy atom. The van der Waals surface area contributed by atoms with E-state index in [2.05, 4.69) is 15.5 Å². The van der Waals surface area contributed by atoms with Crippen LogP contribution in [0.3, 0.4) is 0 Å². The van der Waals surface area contributed by atoms with E-state index < -0.39 is 12.0 Å². The molecule has 0 radical (unpaired) electrons. The molecule has 2 aromatic carbocycles. The number of fused-ring (bicyclic) bond motifs is 1. The minimum atomic E-state index is -0.800. The molecule has 6 nitrogen and oxygen atoms in total.